The molecule has 0 amide bonds. The lowest BCUT2D eigenvalue weighted by atomic mass is 9.72. The van der Waals surface area contributed by atoms with Crippen LogP contribution in [0.25, 0.3) is 0 Å². The second kappa shape index (κ2) is 12.0. The molecule has 4 aromatic rings. The van der Waals surface area contributed by atoms with Crippen molar-refractivity contribution < 1.29 is 70.9 Å². The summed E-state index contributed by atoms with van der Waals surface area (Å²) in [5.41, 5.74) is -10.3. The van der Waals surface area contributed by atoms with Crippen LogP contribution in [0.5, 0.6) is 17.2 Å². The van der Waals surface area contributed by atoms with E-state index < -0.39 is 110 Å². The summed E-state index contributed by atoms with van der Waals surface area (Å²) in [6.45, 7) is 1.42. The standard InChI is InChI=1S/C30H16F14O2/c1-12-3-5-13(6-4-12)28(29(39,40)41,30(42,43)44)14-7-9-15(10-8-14)46-27-24(37)20(33)17(21(34)25(27)38)11-16-18(31)22(35)26(45-2)23(36)19(16)32/h3-10H,11H2,1-2H3. The van der Waals surface area contributed by atoms with Crippen molar-refractivity contribution in [1.82, 2.24) is 0 Å². The highest BCUT2D eigenvalue weighted by Crippen LogP contribution is 2.56. The maximum atomic E-state index is 14.8. The van der Waals surface area contributed by atoms with Gasteiger partial charge in [0.05, 0.1) is 7.11 Å². The minimum Gasteiger partial charge on any atom is -0.491 e. The van der Waals surface area contributed by atoms with E-state index in [2.05, 4.69) is 4.74 Å². The monoisotopic (exact) mass is 674 g/mol. The zero-order valence-corrected chi connectivity index (χ0v) is 22.9. The molecule has 0 unspecified atom stereocenters. The van der Waals surface area contributed by atoms with E-state index >= 15 is 0 Å². The first-order valence-electron chi connectivity index (χ1n) is 12.5. The van der Waals surface area contributed by atoms with Crippen LogP contribution in [0.15, 0.2) is 48.5 Å². The molecule has 0 bridgehead atoms. The van der Waals surface area contributed by atoms with Gasteiger partial charge in [-0.1, -0.05) is 42.0 Å². The molecule has 4 aromatic carbocycles. The molecule has 0 aromatic heterocycles. The molecule has 0 saturated carbocycles. The van der Waals surface area contributed by atoms with E-state index in [0.29, 0.717) is 36.9 Å². The molecule has 0 saturated heterocycles. The Labute approximate surface area is 249 Å². The van der Waals surface area contributed by atoms with Crippen molar-refractivity contribution in [3.05, 3.63) is 123 Å². The zero-order chi connectivity index (χ0) is 34.5. The average molecular weight is 674 g/mol. The number of aryl methyl sites for hydroxylation is 1. The molecule has 0 aliphatic carbocycles. The van der Waals surface area contributed by atoms with Crippen LogP contribution in [-0.4, -0.2) is 19.5 Å². The number of ether oxygens (including phenoxy) is 2. The Morgan fingerprint density at radius 3 is 1.20 bits per heavy atom. The van der Waals surface area contributed by atoms with E-state index in [1.165, 1.54) is 6.92 Å². The normalized spacial score (nSPS) is 12.4. The lowest BCUT2D eigenvalue weighted by Gasteiger charge is -2.38. The van der Waals surface area contributed by atoms with Gasteiger partial charge in [-0.15, -0.1) is 0 Å². The number of benzene rings is 4. The number of methoxy groups -OCH3 is 1. The summed E-state index contributed by atoms with van der Waals surface area (Å²) in [5.74, 6) is -22.4. The van der Waals surface area contributed by atoms with E-state index in [1.807, 2.05) is 0 Å². The van der Waals surface area contributed by atoms with E-state index in [-0.39, 0.29) is 12.1 Å². The second-order valence-electron chi connectivity index (χ2n) is 9.75. The fourth-order valence-electron chi connectivity index (χ4n) is 4.75. The fourth-order valence-corrected chi connectivity index (χ4v) is 4.75. The summed E-state index contributed by atoms with van der Waals surface area (Å²) >= 11 is 0. The van der Waals surface area contributed by atoms with Crippen molar-refractivity contribution in [2.45, 2.75) is 31.1 Å². The number of hydrogen-bond acceptors (Lipinski definition) is 2. The van der Waals surface area contributed by atoms with E-state index in [4.69, 9.17) is 4.74 Å². The van der Waals surface area contributed by atoms with E-state index in [1.54, 1.807) is 0 Å². The molecule has 0 aliphatic heterocycles. The summed E-state index contributed by atoms with van der Waals surface area (Å²) in [4.78, 5) is 0. The molecule has 0 heterocycles. The Hall–Kier alpha value is -4.50. The van der Waals surface area contributed by atoms with Gasteiger partial charge in [-0.05, 0) is 30.2 Å². The maximum Gasteiger partial charge on any atom is 0.411 e. The molecule has 4 rings (SSSR count). The Bertz CT molecular complexity index is 1700. The number of alkyl halides is 6. The molecule has 0 N–H and O–H groups in total. The fraction of sp³-hybridized carbons (Fsp3) is 0.200. The highest BCUT2D eigenvalue weighted by Gasteiger charge is 2.72. The topological polar surface area (TPSA) is 18.5 Å². The largest absolute Gasteiger partial charge is 0.491 e. The van der Waals surface area contributed by atoms with Gasteiger partial charge < -0.3 is 9.47 Å². The Morgan fingerprint density at radius 1 is 0.500 bits per heavy atom. The maximum absolute atomic E-state index is 14.8. The summed E-state index contributed by atoms with van der Waals surface area (Å²) in [5, 5.41) is 0. The van der Waals surface area contributed by atoms with Crippen LogP contribution < -0.4 is 9.47 Å². The highest BCUT2D eigenvalue weighted by molar-refractivity contribution is 5.48. The third-order valence-corrected chi connectivity index (χ3v) is 7.03. The molecular weight excluding hydrogens is 658 g/mol. The van der Waals surface area contributed by atoms with Crippen molar-refractivity contribution in [2.24, 2.45) is 0 Å². The molecule has 46 heavy (non-hydrogen) atoms. The molecular formula is C30H16F14O2. The van der Waals surface area contributed by atoms with Crippen LogP contribution in [0.2, 0.25) is 0 Å². The van der Waals surface area contributed by atoms with Crippen LogP contribution in [0.1, 0.15) is 27.8 Å². The molecule has 246 valence electrons. The Balaban J connectivity index is 1.77. The summed E-state index contributed by atoms with van der Waals surface area (Å²) in [6.07, 6.45) is -13.7. The number of halogens is 14. The Kier molecular flexibility index (Phi) is 8.98. The molecule has 0 atom stereocenters. The van der Waals surface area contributed by atoms with Gasteiger partial charge in [-0.25, -0.2) is 17.6 Å². The van der Waals surface area contributed by atoms with Gasteiger partial charge in [0, 0.05) is 17.5 Å². The lowest BCUT2D eigenvalue weighted by molar-refractivity contribution is -0.288. The summed E-state index contributed by atoms with van der Waals surface area (Å²) in [7, 11) is 0.642. The third-order valence-electron chi connectivity index (χ3n) is 7.03. The molecule has 16 heteroatoms. The average Bonchev–Trinajstić information content (AvgIpc) is 2.98. The summed E-state index contributed by atoms with van der Waals surface area (Å²) < 4.78 is 211. The smallest absolute Gasteiger partial charge is 0.411 e. The van der Waals surface area contributed by atoms with Gasteiger partial charge in [0.25, 0.3) is 0 Å². The van der Waals surface area contributed by atoms with Crippen LogP contribution in [0, 0.1) is 53.5 Å². The van der Waals surface area contributed by atoms with Crippen LogP contribution in [0.4, 0.5) is 61.5 Å². The predicted octanol–water partition coefficient (Wildman–Crippen LogP) is 9.91. The zero-order valence-electron chi connectivity index (χ0n) is 22.9. The lowest BCUT2D eigenvalue weighted by Crippen LogP contribution is -2.54. The van der Waals surface area contributed by atoms with Gasteiger partial charge in [-0.3, -0.25) is 0 Å². The molecule has 0 radical (unpaired) electrons. The van der Waals surface area contributed by atoms with Crippen molar-refractivity contribution in [3.8, 4) is 17.2 Å². The van der Waals surface area contributed by atoms with Gasteiger partial charge in [0.1, 0.15) is 5.75 Å². The quantitative estimate of drug-likeness (QED) is 0.144. The van der Waals surface area contributed by atoms with Crippen molar-refractivity contribution in [1.29, 1.82) is 0 Å². The SMILES string of the molecule is COc1c(F)c(F)c(Cc2c(F)c(F)c(Oc3ccc(C(c4ccc(C)cc4)(C(F)(F)F)C(F)(F)F)cc3)c(F)c2F)c(F)c1F. The van der Waals surface area contributed by atoms with Gasteiger partial charge >= 0.3 is 12.4 Å². The van der Waals surface area contributed by atoms with Gasteiger partial charge in [-0.2, -0.15) is 43.9 Å². The minimum atomic E-state index is -5.97. The molecule has 0 fully saturated rings. The van der Waals surface area contributed by atoms with Crippen molar-refractivity contribution >= 4 is 0 Å². The molecule has 0 aliphatic rings. The van der Waals surface area contributed by atoms with Crippen LogP contribution in [0.3, 0.4) is 0 Å². The first-order valence-corrected chi connectivity index (χ1v) is 12.5. The van der Waals surface area contributed by atoms with Crippen LogP contribution >= 0.6 is 0 Å². The summed E-state index contributed by atoms with van der Waals surface area (Å²) in [6, 6.07) is 4.62. The number of hydrogen-bond donors (Lipinski definition) is 0. The first-order chi connectivity index (χ1) is 21.3. The predicted molar refractivity (Wildman–Crippen MR) is 132 cm³/mol. The molecule has 0 spiro atoms. The van der Waals surface area contributed by atoms with Crippen molar-refractivity contribution in [3.63, 3.8) is 0 Å². The number of rotatable bonds is 7. The van der Waals surface area contributed by atoms with Crippen molar-refractivity contribution in [2.75, 3.05) is 7.11 Å². The Morgan fingerprint density at radius 2 is 0.848 bits per heavy atom. The highest BCUT2D eigenvalue weighted by atomic mass is 19.4. The third kappa shape index (κ3) is 5.47. The molecule has 2 nitrogen and oxygen atoms in total. The second-order valence-corrected chi connectivity index (χ2v) is 9.75. The van der Waals surface area contributed by atoms with E-state index in [9.17, 15) is 61.5 Å². The van der Waals surface area contributed by atoms with E-state index in [0.717, 1.165) is 12.1 Å². The van der Waals surface area contributed by atoms with Crippen LogP contribution in [-0.2, 0) is 11.8 Å². The minimum absolute atomic E-state index is 0.269. The van der Waals surface area contributed by atoms with Gasteiger partial charge in [0.15, 0.2) is 29.0 Å². The first kappa shape index (κ1) is 34.4. The van der Waals surface area contributed by atoms with Gasteiger partial charge in [0.2, 0.25) is 34.4 Å².